The first-order valence-electron chi connectivity index (χ1n) is 6.23. The van der Waals surface area contributed by atoms with E-state index in [0.29, 0.717) is 11.6 Å². The lowest BCUT2D eigenvalue weighted by Crippen LogP contribution is -2.33. The molecule has 1 rings (SSSR count). The zero-order valence-corrected chi connectivity index (χ0v) is 12.0. The average molecular weight is 270 g/mol. The van der Waals surface area contributed by atoms with Crippen molar-refractivity contribution in [3.63, 3.8) is 0 Å². The first-order chi connectivity index (χ1) is 8.35. The van der Waals surface area contributed by atoms with Crippen molar-refractivity contribution >= 4 is 15.7 Å². The molecule has 0 aromatic heterocycles. The number of benzene rings is 1. The minimum Gasteiger partial charge on any atom is -0.399 e. The van der Waals surface area contributed by atoms with E-state index in [9.17, 15) is 8.42 Å². The van der Waals surface area contributed by atoms with E-state index in [0.717, 1.165) is 12.8 Å². The number of nitrogens with one attached hydrogen (secondary N) is 1. The Morgan fingerprint density at radius 2 is 1.78 bits per heavy atom. The van der Waals surface area contributed by atoms with E-state index in [1.807, 2.05) is 6.92 Å². The maximum atomic E-state index is 12.1. The van der Waals surface area contributed by atoms with Crippen LogP contribution >= 0.6 is 0 Å². The number of sulfonamides is 1. The normalized spacial score (nSPS) is 15.3. The van der Waals surface area contributed by atoms with Crippen LogP contribution < -0.4 is 10.5 Å². The van der Waals surface area contributed by atoms with Gasteiger partial charge >= 0.3 is 0 Å². The molecule has 0 saturated carbocycles. The molecule has 0 saturated heterocycles. The van der Waals surface area contributed by atoms with Crippen molar-refractivity contribution in [1.82, 2.24) is 4.72 Å². The highest BCUT2D eigenvalue weighted by Crippen LogP contribution is 2.15. The topological polar surface area (TPSA) is 72.2 Å². The minimum atomic E-state index is -3.44. The van der Waals surface area contributed by atoms with Crippen molar-refractivity contribution < 1.29 is 8.42 Å². The van der Waals surface area contributed by atoms with Crippen LogP contribution in [0.3, 0.4) is 0 Å². The Hall–Kier alpha value is -1.07. The number of rotatable bonds is 6. The number of hydrogen-bond donors (Lipinski definition) is 2. The van der Waals surface area contributed by atoms with Crippen LogP contribution in [0.5, 0.6) is 0 Å². The minimum absolute atomic E-state index is 0.0671. The van der Waals surface area contributed by atoms with E-state index in [1.165, 1.54) is 12.1 Å². The summed E-state index contributed by atoms with van der Waals surface area (Å²) in [5, 5.41) is 0. The Labute approximate surface area is 110 Å². The third-order valence-corrected chi connectivity index (χ3v) is 4.61. The average Bonchev–Trinajstić information content (AvgIpc) is 2.28. The lowest BCUT2D eigenvalue weighted by Gasteiger charge is -2.17. The van der Waals surface area contributed by atoms with Crippen LogP contribution in [0.25, 0.3) is 0 Å². The molecule has 0 fully saturated rings. The summed E-state index contributed by atoms with van der Waals surface area (Å²) >= 11 is 0. The fourth-order valence-corrected chi connectivity index (χ4v) is 3.05. The third-order valence-electron chi connectivity index (χ3n) is 3.00. The van der Waals surface area contributed by atoms with Gasteiger partial charge in [0.15, 0.2) is 0 Å². The van der Waals surface area contributed by atoms with Gasteiger partial charge in [0.1, 0.15) is 0 Å². The summed E-state index contributed by atoms with van der Waals surface area (Å²) in [5.41, 5.74) is 6.10. The van der Waals surface area contributed by atoms with Gasteiger partial charge in [0.2, 0.25) is 10.0 Å². The van der Waals surface area contributed by atoms with E-state index in [1.54, 1.807) is 12.1 Å². The summed E-state index contributed by atoms with van der Waals surface area (Å²) in [7, 11) is -3.44. The van der Waals surface area contributed by atoms with Gasteiger partial charge in [-0.3, -0.25) is 0 Å². The zero-order valence-electron chi connectivity index (χ0n) is 11.2. The Balaban J connectivity index is 2.73. The van der Waals surface area contributed by atoms with Gasteiger partial charge in [0.05, 0.1) is 4.90 Å². The van der Waals surface area contributed by atoms with Crippen LogP contribution in [-0.4, -0.2) is 14.5 Å². The number of hydrogen-bond acceptors (Lipinski definition) is 3. The Morgan fingerprint density at radius 3 is 2.28 bits per heavy atom. The number of nitrogen functional groups attached to an aromatic ring is 1. The lowest BCUT2D eigenvalue weighted by atomic mass is 10.0. The highest BCUT2D eigenvalue weighted by Gasteiger charge is 2.18. The maximum absolute atomic E-state index is 12.1. The SMILES string of the molecule is CCC(C)CC(C)NS(=O)(=O)c1ccc(N)cc1. The highest BCUT2D eigenvalue weighted by molar-refractivity contribution is 7.89. The standard InChI is InChI=1S/C13H22N2O2S/c1-4-10(2)9-11(3)15-18(16,17)13-7-5-12(14)6-8-13/h5-8,10-11,15H,4,9,14H2,1-3H3. The fraction of sp³-hybridized carbons (Fsp3) is 0.538. The molecular weight excluding hydrogens is 248 g/mol. The smallest absolute Gasteiger partial charge is 0.240 e. The third kappa shape index (κ3) is 4.31. The van der Waals surface area contributed by atoms with E-state index in [4.69, 9.17) is 5.73 Å². The number of nitrogens with two attached hydrogens (primary N) is 1. The van der Waals surface area contributed by atoms with Crippen LogP contribution in [0.4, 0.5) is 5.69 Å². The second-order valence-electron chi connectivity index (χ2n) is 4.84. The fourth-order valence-electron chi connectivity index (χ4n) is 1.80. The van der Waals surface area contributed by atoms with E-state index in [2.05, 4.69) is 18.6 Å². The molecule has 0 bridgehead atoms. The van der Waals surface area contributed by atoms with Crippen LogP contribution in [0.2, 0.25) is 0 Å². The molecule has 5 heteroatoms. The van der Waals surface area contributed by atoms with Crippen molar-refractivity contribution in [2.24, 2.45) is 5.92 Å². The lowest BCUT2D eigenvalue weighted by molar-refractivity contribution is 0.445. The van der Waals surface area contributed by atoms with Crippen LogP contribution in [0, 0.1) is 5.92 Å². The van der Waals surface area contributed by atoms with Gasteiger partial charge in [-0.25, -0.2) is 13.1 Å². The van der Waals surface area contributed by atoms with Gasteiger partial charge in [0.25, 0.3) is 0 Å². The van der Waals surface area contributed by atoms with Crippen molar-refractivity contribution in [3.8, 4) is 0 Å². The van der Waals surface area contributed by atoms with Gasteiger partial charge in [-0.15, -0.1) is 0 Å². The summed E-state index contributed by atoms with van der Waals surface area (Å²) in [6.07, 6.45) is 1.89. The molecule has 1 aromatic carbocycles. The Morgan fingerprint density at radius 1 is 1.22 bits per heavy atom. The van der Waals surface area contributed by atoms with Gasteiger partial charge in [-0.05, 0) is 43.5 Å². The second kappa shape index (κ2) is 6.20. The molecule has 2 unspecified atom stereocenters. The summed E-state index contributed by atoms with van der Waals surface area (Å²) < 4.78 is 26.8. The van der Waals surface area contributed by atoms with Crippen molar-refractivity contribution in [2.45, 2.75) is 44.6 Å². The molecule has 18 heavy (non-hydrogen) atoms. The van der Waals surface area contributed by atoms with Crippen LogP contribution in [-0.2, 0) is 10.0 Å². The van der Waals surface area contributed by atoms with Crippen LogP contribution in [0.1, 0.15) is 33.6 Å². The molecule has 102 valence electrons. The molecule has 0 spiro atoms. The molecule has 0 aliphatic rings. The van der Waals surface area contributed by atoms with Gasteiger partial charge in [-0.2, -0.15) is 0 Å². The summed E-state index contributed by atoms with van der Waals surface area (Å²) in [4.78, 5) is 0.257. The summed E-state index contributed by atoms with van der Waals surface area (Å²) in [5.74, 6) is 0.508. The molecule has 0 aliphatic carbocycles. The first-order valence-corrected chi connectivity index (χ1v) is 7.71. The predicted molar refractivity (Wildman–Crippen MR) is 74.7 cm³/mol. The van der Waals surface area contributed by atoms with E-state index >= 15 is 0 Å². The summed E-state index contributed by atoms with van der Waals surface area (Å²) in [6.45, 7) is 6.11. The molecule has 1 aromatic rings. The van der Waals surface area contributed by atoms with Crippen LogP contribution in [0.15, 0.2) is 29.2 Å². The second-order valence-corrected chi connectivity index (χ2v) is 6.55. The molecule has 3 N–H and O–H groups in total. The largest absolute Gasteiger partial charge is 0.399 e. The molecular formula is C13H22N2O2S. The number of anilines is 1. The first kappa shape index (κ1) is 15.0. The Kier molecular flexibility index (Phi) is 5.16. The summed E-state index contributed by atoms with van der Waals surface area (Å²) in [6, 6.07) is 6.16. The van der Waals surface area contributed by atoms with Gasteiger partial charge in [-0.1, -0.05) is 20.3 Å². The van der Waals surface area contributed by atoms with E-state index < -0.39 is 10.0 Å². The molecule has 2 atom stereocenters. The molecule has 0 radical (unpaired) electrons. The van der Waals surface area contributed by atoms with Crippen molar-refractivity contribution in [3.05, 3.63) is 24.3 Å². The van der Waals surface area contributed by atoms with Gasteiger partial charge in [0, 0.05) is 11.7 Å². The predicted octanol–water partition coefficient (Wildman–Crippen LogP) is 2.37. The quantitative estimate of drug-likeness (QED) is 0.779. The van der Waals surface area contributed by atoms with Gasteiger partial charge < -0.3 is 5.73 Å². The maximum Gasteiger partial charge on any atom is 0.240 e. The van der Waals surface area contributed by atoms with Crippen molar-refractivity contribution in [2.75, 3.05) is 5.73 Å². The van der Waals surface area contributed by atoms with Crippen molar-refractivity contribution in [1.29, 1.82) is 0 Å². The highest BCUT2D eigenvalue weighted by atomic mass is 32.2. The van der Waals surface area contributed by atoms with E-state index in [-0.39, 0.29) is 10.9 Å². The monoisotopic (exact) mass is 270 g/mol. The zero-order chi connectivity index (χ0) is 13.8. The molecule has 0 aliphatic heterocycles. The molecule has 4 nitrogen and oxygen atoms in total. The Bertz CT molecular complexity index is 468. The molecule has 0 amide bonds. The molecule has 0 heterocycles.